The molecule has 0 spiro atoms. The molecule has 0 aliphatic carbocycles. The zero-order valence-electron chi connectivity index (χ0n) is 8.94. The molecule has 0 unspecified atom stereocenters. The number of aromatic nitrogens is 3. The van der Waals surface area contributed by atoms with Crippen LogP contribution in [0.4, 0.5) is 0 Å². The third-order valence-corrected chi connectivity index (χ3v) is 2.36. The Hall–Kier alpha value is -1.68. The van der Waals surface area contributed by atoms with Gasteiger partial charge in [-0.25, -0.2) is 4.68 Å². The van der Waals surface area contributed by atoms with E-state index in [-0.39, 0.29) is 0 Å². The van der Waals surface area contributed by atoms with Crippen molar-refractivity contribution in [2.75, 3.05) is 0 Å². The van der Waals surface area contributed by atoms with Gasteiger partial charge < -0.3 is 5.73 Å². The van der Waals surface area contributed by atoms with Crippen molar-refractivity contribution in [2.24, 2.45) is 5.73 Å². The molecule has 0 fully saturated rings. The van der Waals surface area contributed by atoms with Crippen LogP contribution in [-0.2, 0) is 6.54 Å². The van der Waals surface area contributed by atoms with E-state index in [2.05, 4.69) is 42.4 Å². The van der Waals surface area contributed by atoms with E-state index in [1.54, 1.807) is 4.68 Å². The second-order valence-corrected chi connectivity index (χ2v) is 3.65. The molecule has 0 saturated heterocycles. The average Bonchev–Trinajstić information content (AvgIpc) is 2.70. The summed E-state index contributed by atoms with van der Waals surface area (Å²) < 4.78 is 1.77. The van der Waals surface area contributed by atoms with Crippen molar-refractivity contribution in [2.45, 2.75) is 20.4 Å². The number of benzene rings is 1. The van der Waals surface area contributed by atoms with Gasteiger partial charge in [-0.3, -0.25) is 0 Å². The highest BCUT2D eigenvalue weighted by molar-refractivity contribution is 5.42. The van der Waals surface area contributed by atoms with Gasteiger partial charge >= 0.3 is 0 Å². The first-order valence-electron chi connectivity index (χ1n) is 4.89. The number of nitrogens with zero attached hydrogens (tertiary/aromatic N) is 3. The van der Waals surface area contributed by atoms with E-state index in [4.69, 9.17) is 5.73 Å². The Bertz CT molecular complexity index is 473. The van der Waals surface area contributed by atoms with Gasteiger partial charge in [-0.05, 0) is 31.0 Å². The fourth-order valence-electron chi connectivity index (χ4n) is 1.48. The van der Waals surface area contributed by atoms with Gasteiger partial charge in [0.1, 0.15) is 0 Å². The number of rotatable bonds is 2. The van der Waals surface area contributed by atoms with Crippen LogP contribution in [0.25, 0.3) is 5.69 Å². The Morgan fingerprint density at radius 1 is 1.33 bits per heavy atom. The summed E-state index contributed by atoms with van der Waals surface area (Å²) in [7, 11) is 0. The molecule has 0 aliphatic rings. The normalized spacial score (nSPS) is 10.6. The summed E-state index contributed by atoms with van der Waals surface area (Å²) >= 11 is 0. The molecule has 1 aromatic carbocycles. The summed E-state index contributed by atoms with van der Waals surface area (Å²) in [5, 5.41) is 8.02. The van der Waals surface area contributed by atoms with Crippen LogP contribution in [-0.4, -0.2) is 15.0 Å². The second-order valence-electron chi connectivity index (χ2n) is 3.65. The van der Waals surface area contributed by atoms with Crippen molar-refractivity contribution in [3.63, 3.8) is 0 Å². The van der Waals surface area contributed by atoms with Gasteiger partial charge in [0, 0.05) is 6.54 Å². The molecule has 4 heteroatoms. The minimum atomic E-state index is 0.421. The fraction of sp³-hybridized carbons (Fsp3) is 0.273. The van der Waals surface area contributed by atoms with Crippen molar-refractivity contribution >= 4 is 0 Å². The van der Waals surface area contributed by atoms with Crippen LogP contribution < -0.4 is 5.73 Å². The molecule has 0 saturated carbocycles. The first-order chi connectivity index (χ1) is 7.20. The van der Waals surface area contributed by atoms with Gasteiger partial charge in [0.05, 0.1) is 17.6 Å². The van der Waals surface area contributed by atoms with Crippen LogP contribution in [0.15, 0.2) is 24.4 Å². The minimum absolute atomic E-state index is 0.421. The van der Waals surface area contributed by atoms with Crippen molar-refractivity contribution < 1.29 is 0 Å². The molecule has 0 radical (unpaired) electrons. The van der Waals surface area contributed by atoms with Crippen molar-refractivity contribution in [3.8, 4) is 5.69 Å². The van der Waals surface area contributed by atoms with Crippen LogP contribution in [0.1, 0.15) is 16.8 Å². The van der Waals surface area contributed by atoms with Gasteiger partial charge in [0.2, 0.25) is 0 Å². The summed E-state index contributed by atoms with van der Waals surface area (Å²) in [6.45, 7) is 4.53. The summed E-state index contributed by atoms with van der Waals surface area (Å²) in [5.41, 5.74) is 9.74. The lowest BCUT2D eigenvalue weighted by Crippen LogP contribution is -1.98. The van der Waals surface area contributed by atoms with Gasteiger partial charge in [0.15, 0.2) is 0 Å². The van der Waals surface area contributed by atoms with Gasteiger partial charge in [-0.2, -0.15) is 0 Å². The Morgan fingerprint density at radius 3 is 2.80 bits per heavy atom. The molecule has 0 aliphatic heterocycles. The van der Waals surface area contributed by atoms with Crippen molar-refractivity contribution in [1.29, 1.82) is 0 Å². The van der Waals surface area contributed by atoms with E-state index in [0.717, 1.165) is 11.4 Å². The molecule has 1 aromatic heterocycles. The maximum absolute atomic E-state index is 5.49. The summed E-state index contributed by atoms with van der Waals surface area (Å²) in [6, 6.07) is 6.25. The smallest absolute Gasteiger partial charge is 0.0967 e. The molecule has 2 N–H and O–H groups in total. The van der Waals surface area contributed by atoms with E-state index in [9.17, 15) is 0 Å². The molecule has 0 atom stereocenters. The summed E-state index contributed by atoms with van der Waals surface area (Å²) in [4.78, 5) is 0. The topological polar surface area (TPSA) is 56.7 Å². The minimum Gasteiger partial charge on any atom is -0.325 e. The molecule has 1 heterocycles. The molecule has 15 heavy (non-hydrogen) atoms. The highest BCUT2D eigenvalue weighted by Crippen LogP contribution is 2.14. The van der Waals surface area contributed by atoms with Crippen LogP contribution in [0.3, 0.4) is 0 Å². The van der Waals surface area contributed by atoms with Crippen LogP contribution >= 0.6 is 0 Å². The van der Waals surface area contributed by atoms with Gasteiger partial charge in [-0.1, -0.05) is 17.3 Å². The largest absolute Gasteiger partial charge is 0.325 e. The first kappa shape index (κ1) is 9.86. The third-order valence-electron chi connectivity index (χ3n) is 2.36. The van der Waals surface area contributed by atoms with E-state index in [1.165, 1.54) is 11.1 Å². The van der Waals surface area contributed by atoms with Gasteiger partial charge in [0.25, 0.3) is 0 Å². The van der Waals surface area contributed by atoms with E-state index in [0.29, 0.717) is 6.54 Å². The van der Waals surface area contributed by atoms with Crippen LogP contribution in [0, 0.1) is 13.8 Å². The average molecular weight is 202 g/mol. The Balaban J connectivity index is 2.48. The molecule has 2 rings (SSSR count). The predicted octanol–water partition coefficient (Wildman–Crippen LogP) is 1.34. The molecule has 4 nitrogen and oxygen atoms in total. The molecule has 78 valence electrons. The van der Waals surface area contributed by atoms with Crippen LogP contribution in [0.5, 0.6) is 0 Å². The lowest BCUT2D eigenvalue weighted by molar-refractivity contribution is 0.792. The quantitative estimate of drug-likeness (QED) is 0.799. The van der Waals surface area contributed by atoms with Crippen LogP contribution in [0.2, 0.25) is 0 Å². The lowest BCUT2D eigenvalue weighted by Gasteiger charge is -2.05. The first-order valence-corrected chi connectivity index (χ1v) is 4.89. The highest BCUT2D eigenvalue weighted by atomic mass is 15.4. The zero-order valence-corrected chi connectivity index (χ0v) is 8.94. The number of aryl methyl sites for hydroxylation is 2. The summed E-state index contributed by atoms with van der Waals surface area (Å²) in [6.07, 6.45) is 1.86. The van der Waals surface area contributed by atoms with Gasteiger partial charge in [-0.15, -0.1) is 5.10 Å². The fourth-order valence-corrected chi connectivity index (χ4v) is 1.48. The Morgan fingerprint density at radius 2 is 2.13 bits per heavy atom. The highest BCUT2D eigenvalue weighted by Gasteiger charge is 2.04. The number of hydrogen-bond donors (Lipinski definition) is 1. The maximum Gasteiger partial charge on any atom is 0.0967 e. The monoisotopic (exact) mass is 202 g/mol. The number of hydrogen-bond acceptors (Lipinski definition) is 3. The Kier molecular flexibility index (Phi) is 2.51. The van der Waals surface area contributed by atoms with E-state index < -0.39 is 0 Å². The third kappa shape index (κ3) is 1.89. The molecular formula is C11H14N4. The molecule has 0 amide bonds. The zero-order chi connectivity index (χ0) is 10.8. The molecular weight excluding hydrogens is 188 g/mol. The second kappa shape index (κ2) is 3.82. The van der Waals surface area contributed by atoms with E-state index >= 15 is 0 Å². The number of nitrogens with two attached hydrogens (primary N) is 1. The lowest BCUT2D eigenvalue weighted by atomic mass is 10.1. The van der Waals surface area contributed by atoms with Crippen molar-refractivity contribution in [1.82, 2.24) is 15.0 Å². The van der Waals surface area contributed by atoms with Crippen molar-refractivity contribution in [3.05, 3.63) is 41.2 Å². The summed E-state index contributed by atoms with van der Waals surface area (Å²) in [5.74, 6) is 0. The van der Waals surface area contributed by atoms with E-state index in [1.807, 2.05) is 6.20 Å². The molecule has 2 aromatic rings. The predicted molar refractivity (Wildman–Crippen MR) is 58.7 cm³/mol. The SMILES string of the molecule is Cc1ccc(C)c(-n2cc(CN)nn2)c1. The standard InChI is InChI=1S/C11H14N4/c1-8-3-4-9(2)11(5-8)15-7-10(6-12)13-14-15/h3-5,7H,6,12H2,1-2H3. The maximum atomic E-state index is 5.49. The Labute approximate surface area is 88.7 Å². The molecule has 0 bridgehead atoms.